The fraction of sp³-hybridized carbons (Fsp3) is 0.182. The molecular weight excluding hydrogens is 230 g/mol. The predicted molar refractivity (Wildman–Crippen MR) is 59.1 cm³/mol. The number of aromatic nitrogens is 1. The zero-order chi connectivity index (χ0) is 11.5. The summed E-state index contributed by atoms with van der Waals surface area (Å²) >= 11 is 1.42. The molecular formula is C11H10F2N2S. The van der Waals surface area contributed by atoms with Crippen molar-refractivity contribution in [2.24, 2.45) is 5.73 Å². The van der Waals surface area contributed by atoms with Gasteiger partial charge in [0.05, 0.1) is 5.01 Å². The number of halogens is 2. The zero-order valence-electron chi connectivity index (χ0n) is 8.36. The van der Waals surface area contributed by atoms with Gasteiger partial charge in [-0.05, 0) is 12.1 Å². The van der Waals surface area contributed by atoms with E-state index in [9.17, 15) is 8.78 Å². The topological polar surface area (TPSA) is 38.9 Å². The molecule has 2 nitrogen and oxygen atoms in total. The van der Waals surface area contributed by atoms with Crippen LogP contribution in [-0.2, 0) is 6.42 Å². The number of hydrogen-bond acceptors (Lipinski definition) is 3. The molecule has 1 unspecified atom stereocenters. The molecule has 0 spiro atoms. The molecule has 2 N–H and O–H groups in total. The lowest BCUT2D eigenvalue weighted by atomic mass is 10.0. The summed E-state index contributed by atoms with van der Waals surface area (Å²) in [5.41, 5.74) is 5.70. The van der Waals surface area contributed by atoms with Gasteiger partial charge in [-0.3, -0.25) is 0 Å². The Morgan fingerprint density at radius 2 is 2.00 bits per heavy atom. The van der Waals surface area contributed by atoms with Crippen molar-refractivity contribution in [2.45, 2.75) is 12.5 Å². The Balaban J connectivity index is 2.24. The maximum atomic E-state index is 13.4. The zero-order valence-corrected chi connectivity index (χ0v) is 9.18. The molecule has 1 heterocycles. The normalized spacial score (nSPS) is 12.7. The average Bonchev–Trinajstić information content (AvgIpc) is 2.70. The number of thiazole rings is 1. The van der Waals surface area contributed by atoms with Crippen molar-refractivity contribution in [2.75, 3.05) is 0 Å². The molecule has 0 bridgehead atoms. The van der Waals surface area contributed by atoms with E-state index in [2.05, 4.69) is 4.98 Å². The summed E-state index contributed by atoms with van der Waals surface area (Å²) in [5.74, 6) is -1.21. The van der Waals surface area contributed by atoms with Crippen molar-refractivity contribution < 1.29 is 8.78 Å². The predicted octanol–water partition coefficient (Wildman–Crippen LogP) is 2.66. The molecule has 0 saturated heterocycles. The molecule has 0 saturated carbocycles. The molecule has 0 aliphatic rings. The van der Waals surface area contributed by atoms with Crippen LogP contribution in [0.25, 0.3) is 0 Å². The highest BCUT2D eigenvalue weighted by Gasteiger charge is 2.17. The van der Waals surface area contributed by atoms with Crippen LogP contribution in [-0.4, -0.2) is 4.98 Å². The van der Waals surface area contributed by atoms with Gasteiger partial charge in [0.15, 0.2) is 0 Å². The van der Waals surface area contributed by atoms with Gasteiger partial charge in [-0.2, -0.15) is 0 Å². The van der Waals surface area contributed by atoms with Crippen LogP contribution >= 0.6 is 11.3 Å². The Morgan fingerprint density at radius 3 is 2.56 bits per heavy atom. The molecule has 5 heteroatoms. The maximum Gasteiger partial charge on any atom is 0.130 e. The summed E-state index contributed by atoms with van der Waals surface area (Å²) in [6.07, 6.45) is 1.99. The lowest BCUT2D eigenvalue weighted by Crippen LogP contribution is -2.16. The van der Waals surface area contributed by atoms with Gasteiger partial charge in [0.2, 0.25) is 0 Å². The van der Waals surface area contributed by atoms with Gasteiger partial charge in [0.25, 0.3) is 0 Å². The third-order valence-electron chi connectivity index (χ3n) is 2.25. The maximum absolute atomic E-state index is 13.4. The van der Waals surface area contributed by atoms with Crippen molar-refractivity contribution in [3.63, 3.8) is 0 Å². The number of nitrogens with two attached hydrogens (primary N) is 1. The SMILES string of the molecule is NC(Cc1nccs1)c1c(F)cccc1F. The van der Waals surface area contributed by atoms with Crippen LogP contribution < -0.4 is 5.73 Å². The number of hydrogen-bond donors (Lipinski definition) is 1. The number of rotatable bonds is 3. The lowest BCUT2D eigenvalue weighted by Gasteiger charge is -2.12. The molecule has 16 heavy (non-hydrogen) atoms. The molecule has 2 rings (SSSR count). The van der Waals surface area contributed by atoms with E-state index in [-0.39, 0.29) is 5.56 Å². The quantitative estimate of drug-likeness (QED) is 0.895. The summed E-state index contributed by atoms with van der Waals surface area (Å²) in [6, 6.07) is 3.04. The molecule has 0 aliphatic carbocycles. The summed E-state index contributed by atoms with van der Waals surface area (Å²) in [7, 11) is 0. The Labute approximate surface area is 95.7 Å². The van der Waals surface area contributed by atoms with Crippen LogP contribution in [0.3, 0.4) is 0 Å². The first kappa shape index (κ1) is 11.2. The van der Waals surface area contributed by atoms with E-state index in [1.165, 1.54) is 29.5 Å². The van der Waals surface area contributed by atoms with Gasteiger partial charge < -0.3 is 5.73 Å². The Bertz CT molecular complexity index is 451. The average molecular weight is 240 g/mol. The first-order chi connectivity index (χ1) is 7.68. The minimum absolute atomic E-state index is 0.0716. The highest BCUT2D eigenvalue weighted by molar-refractivity contribution is 7.09. The standard InChI is InChI=1S/C11H10F2N2S/c12-7-2-1-3-8(13)11(7)9(14)6-10-15-4-5-16-10/h1-5,9H,6,14H2. The van der Waals surface area contributed by atoms with E-state index in [4.69, 9.17) is 5.73 Å². The second-order valence-electron chi connectivity index (χ2n) is 3.37. The van der Waals surface area contributed by atoms with E-state index < -0.39 is 17.7 Å². The van der Waals surface area contributed by atoms with E-state index in [1.807, 2.05) is 0 Å². The van der Waals surface area contributed by atoms with Crippen LogP contribution in [0.5, 0.6) is 0 Å². The minimum atomic E-state index is -0.702. The molecule has 0 amide bonds. The molecule has 1 atom stereocenters. The Morgan fingerprint density at radius 1 is 1.31 bits per heavy atom. The van der Waals surface area contributed by atoms with Gasteiger partial charge >= 0.3 is 0 Å². The molecule has 0 radical (unpaired) electrons. The molecule has 1 aromatic heterocycles. The number of benzene rings is 1. The first-order valence-electron chi connectivity index (χ1n) is 4.76. The lowest BCUT2D eigenvalue weighted by molar-refractivity contribution is 0.524. The van der Waals surface area contributed by atoms with Gasteiger partial charge in [0, 0.05) is 29.6 Å². The molecule has 1 aromatic carbocycles. The largest absolute Gasteiger partial charge is 0.323 e. The highest BCUT2D eigenvalue weighted by Crippen LogP contribution is 2.22. The fourth-order valence-electron chi connectivity index (χ4n) is 1.51. The fourth-order valence-corrected chi connectivity index (χ4v) is 2.19. The van der Waals surface area contributed by atoms with E-state index in [1.54, 1.807) is 11.6 Å². The van der Waals surface area contributed by atoms with Gasteiger partial charge in [-0.25, -0.2) is 13.8 Å². The summed E-state index contributed by atoms with van der Waals surface area (Å²) in [5, 5.41) is 2.58. The monoisotopic (exact) mass is 240 g/mol. The van der Waals surface area contributed by atoms with Gasteiger partial charge in [0.1, 0.15) is 11.6 Å². The molecule has 0 aliphatic heterocycles. The van der Waals surface area contributed by atoms with Crippen molar-refractivity contribution in [3.8, 4) is 0 Å². The van der Waals surface area contributed by atoms with Crippen LogP contribution in [0.15, 0.2) is 29.8 Å². The first-order valence-corrected chi connectivity index (χ1v) is 5.64. The van der Waals surface area contributed by atoms with Crippen molar-refractivity contribution in [1.82, 2.24) is 4.98 Å². The van der Waals surface area contributed by atoms with Crippen molar-refractivity contribution in [1.29, 1.82) is 0 Å². The van der Waals surface area contributed by atoms with Crippen LogP contribution in [0.1, 0.15) is 16.6 Å². The Hall–Kier alpha value is -1.33. The molecule has 0 fully saturated rings. The Kier molecular flexibility index (Phi) is 3.26. The van der Waals surface area contributed by atoms with E-state index >= 15 is 0 Å². The van der Waals surface area contributed by atoms with Crippen molar-refractivity contribution >= 4 is 11.3 Å². The summed E-state index contributed by atoms with van der Waals surface area (Å²) in [4.78, 5) is 4.03. The van der Waals surface area contributed by atoms with Crippen LogP contribution in [0.2, 0.25) is 0 Å². The van der Waals surface area contributed by atoms with E-state index in [0.717, 1.165) is 5.01 Å². The third kappa shape index (κ3) is 2.25. The summed E-state index contributed by atoms with van der Waals surface area (Å²) < 4.78 is 26.8. The van der Waals surface area contributed by atoms with E-state index in [0.29, 0.717) is 6.42 Å². The second-order valence-corrected chi connectivity index (χ2v) is 4.35. The molecule has 2 aromatic rings. The van der Waals surface area contributed by atoms with Gasteiger partial charge in [-0.1, -0.05) is 6.07 Å². The van der Waals surface area contributed by atoms with Crippen LogP contribution in [0.4, 0.5) is 8.78 Å². The smallest absolute Gasteiger partial charge is 0.130 e. The molecule has 84 valence electrons. The summed E-state index contributed by atoms with van der Waals surface area (Å²) in [6.45, 7) is 0. The third-order valence-corrected chi connectivity index (χ3v) is 3.05. The number of nitrogens with zero attached hydrogens (tertiary/aromatic N) is 1. The van der Waals surface area contributed by atoms with Gasteiger partial charge in [-0.15, -0.1) is 11.3 Å². The highest BCUT2D eigenvalue weighted by atomic mass is 32.1. The second kappa shape index (κ2) is 4.67. The van der Waals surface area contributed by atoms with Crippen molar-refractivity contribution in [3.05, 3.63) is 52.0 Å². The minimum Gasteiger partial charge on any atom is -0.323 e. The van der Waals surface area contributed by atoms with Crippen LogP contribution in [0, 0.1) is 11.6 Å².